The summed E-state index contributed by atoms with van der Waals surface area (Å²) in [7, 11) is 0. The molecule has 1 fully saturated rings. The number of aliphatic hydroxyl groups is 1. The van der Waals surface area contributed by atoms with Gasteiger partial charge in [-0.2, -0.15) is 13.2 Å². The number of alkyl halides is 3. The molecule has 3 nitrogen and oxygen atoms in total. The first-order valence-electron chi connectivity index (χ1n) is 6.83. The maximum absolute atomic E-state index is 12.5. The smallest absolute Gasteiger partial charge is 0.391 e. The van der Waals surface area contributed by atoms with Crippen molar-refractivity contribution < 1.29 is 23.1 Å². The normalized spacial score (nSPS) is 25.9. The molecule has 0 spiro atoms. The molecule has 6 heteroatoms. The number of aliphatic hydroxyl groups excluding tert-OH is 1. The summed E-state index contributed by atoms with van der Waals surface area (Å²) in [6, 6.07) is 0. The van der Waals surface area contributed by atoms with Crippen LogP contribution in [0.4, 0.5) is 13.2 Å². The topological polar surface area (TPSA) is 49.3 Å². The van der Waals surface area contributed by atoms with Crippen LogP contribution in [-0.2, 0) is 4.79 Å². The van der Waals surface area contributed by atoms with E-state index in [1.54, 1.807) is 6.92 Å². The van der Waals surface area contributed by atoms with E-state index in [0.29, 0.717) is 32.2 Å². The van der Waals surface area contributed by atoms with Crippen molar-refractivity contribution in [2.24, 2.45) is 11.8 Å². The van der Waals surface area contributed by atoms with Crippen molar-refractivity contribution in [3.05, 3.63) is 0 Å². The minimum Gasteiger partial charge on any atom is -0.393 e. The van der Waals surface area contributed by atoms with Gasteiger partial charge in [-0.05, 0) is 45.4 Å². The SMILES string of the molecule is CC(O)CCCNC(=O)C1CCC(C(F)(F)F)CC1. The Morgan fingerprint density at radius 3 is 2.37 bits per heavy atom. The van der Waals surface area contributed by atoms with Crippen molar-refractivity contribution in [1.82, 2.24) is 5.32 Å². The van der Waals surface area contributed by atoms with Crippen molar-refractivity contribution in [2.75, 3.05) is 6.54 Å². The third-order valence-corrected chi connectivity index (χ3v) is 3.66. The summed E-state index contributed by atoms with van der Waals surface area (Å²) in [6.45, 7) is 2.16. The summed E-state index contributed by atoms with van der Waals surface area (Å²) in [5, 5.41) is 11.8. The molecule has 2 N–H and O–H groups in total. The van der Waals surface area contributed by atoms with E-state index in [1.807, 2.05) is 0 Å². The molecule has 0 radical (unpaired) electrons. The molecule has 0 aliphatic heterocycles. The number of rotatable bonds is 5. The number of nitrogens with one attached hydrogen (secondary N) is 1. The van der Waals surface area contributed by atoms with Crippen molar-refractivity contribution in [1.29, 1.82) is 0 Å². The molecule has 1 saturated carbocycles. The Hall–Kier alpha value is -0.780. The predicted molar refractivity (Wildman–Crippen MR) is 65.4 cm³/mol. The fraction of sp³-hybridized carbons (Fsp3) is 0.923. The quantitative estimate of drug-likeness (QED) is 0.761. The van der Waals surface area contributed by atoms with Gasteiger partial charge < -0.3 is 10.4 Å². The van der Waals surface area contributed by atoms with Crippen LogP contribution in [0.3, 0.4) is 0 Å². The maximum atomic E-state index is 12.5. The van der Waals surface area contributed by atoms with Crippen LogP contribution in [-0.4, -0.2) is 29.8 Å². The van der Waals surface area contributed by atoms with Crippen LogP contribution in [0.1, 0.15) is 45.4 Å². The van der Waals surface area contributed by atoms with E-state index in [0.717, 1.165) is 0 Å². The van der Waals surface area contributed by atoms with Gasteiger partial charge in [-0.25, -0.2) is 0 Å². The average molecular weight is 281 g/mol. The first-order valence-corrected chi connectivity index (χ1v) is 6.83. The molecule has 0 aromatic carbocycles. The molecule has 0 saturated heterocycles. The molecule has 1 amide bonds. The molecule has 19 heavy (non-hydrogen) atoms. The zero-order chi connectivity index (χ0) is 14.5. The van der Waals surface area contributed by atoms with Crippen LogP contribution < -0.4 is 5.32 Å². The lowest BCUT2D eigenvalue weighted by atomic mass is 9.81. The van der Waals surface area contributed by atoms with Crippen LogP contribution in [0.2, 0.25) is 0 Å². The molecule has 112 valence electrons. The van der Waals surface area contributed by atoms with Gasteiger partial charge in [-0.1, -0.05) is 0 Å². The number of amides is 1. The Kier molecular flexibility index (Phi) is 6.10. The molecule has 0 bridgehead atoms. The Labute approximate surface area is 111 Å². The summed E-state index contributed by atoms with van der Waals surface area (Å²) in [5.74, 6) is -1.68. The van der Waals surface area contributed by atoms with Gasteiger partial charge in [0.2, 0.25) is 5.91 Å². The minimum absolute atomic E-state index is 0.0509. The molecule has 0 aromatic heterocycles. The number of carbonyl (C=O) groups is 1. The first-order chi connectivity index (χ1) is 8.80. The molecule has 1 aliphatic carbocycles. The van der Waals surface area contributed by atoms with Gasteiger partial charge in [0.25, 0.3) is 0 Å². The Morgan fingerprint density at radius 1 is 1.32 bits per heavy atom. The molecule has 0 heterocycles. The lowest BCUT2D eigenvalue weighted by molar-refractivity contribution is -0.184. The predicted octanol–water partition coefficient (Wildman–Crippen LogP) is 2.63. The molecule has 1 unspecified atom stereocenters. The summed E-state index contributed by atoms with van der Waals surface area (Å²) < 4.78 is 37.4. The van der Waals surface area contributed by atoms with E-state index in [1.165, 1.54) is 0 Å². The highest BCUT2D eigenvalue weighted by atomic mass is 19.4. The molecule has 1 atom stereocenters. The fourth-order valence-electron chi connectivity index (χ4n) is 2.44. The highest BCUT2D eigenvalue weighted by Crippen LogP contribution is 2.39. The van der Waals surface area contributed by atoms with Crippen LogP contribution >= 0.6 is 0 Å². The van der Waals surface area contributed by atoms with Crippen LogP contribution in [0.15, 0.2) is 0 Å². The van der Waals surface area contributed by atoms with E-state index < -0.39 is 12.1 Å². The molecule has 1 rings (SSSR count). The zero-order valence-corrected chi connectivity index (χ0v) is 11.2. The lowest BCUT2D eigenvalue weighted by Crippen LogP contribution is -2.36. The highest BCUT2D eigenvalue weighted by Gasteiger charge is 2.42. The van der Waals surface area contributed by atoms with Crippen LogP contribution in [0.5, 0.6) is 0 Å². The second-order valence-corrected chi connectivity index (χ2v) is 5.37. The largest absolute Gasteiger partial charge is 0.393 e. The van der Waals surface area contributed by atoms with Gasteiger partial charge in [0.05, 0.1) is 12.0 Å². The Balaban J connectivity index is 2.22. The van der Waals surface area contributed by atoms with Gasteiger partial charge >= 0.3 is 6.18 Å². The second kappa shape index (κ2) is 7.12. The number of halogens is 3. The van der Waals surface area contributed by atoms with E-state index in [-0.39, 0.29) is 30.8 Å². The highest BCUT2D eigenvalue weighted by molar-refractivity contribution is 5.78. The Morgan fingerprint density at radius 2 is 1.89 bits per heavy atom. The van der Waals surface area contributed by atoms with Gasteiger partial charge in [-0.3, -0.25) is 4.79 Å². The second-order valence-electron chi connectivity index (χ2n) is 5.37. The van der Waals surface area contributed by atoms with E-state index in [9.17, 15) is 18.0 Å². The van der Waals surface area contributed by atoms with Gasteiger partial charge in [0, 0.05) is 12.5 Å². The molecular weight excluding hydrogens is 259 g/mol. The van der Waals surface area contributed by atoms with E-state index in [4.69, 9.17) is 5.11 Å². The van der Waals surface area contributed by atoms with E-state index in [2.05, 4.69) is 5.32 Å². The first kappa shape index (κ1) is 16.3. The van der Waals surface area contributed by atoms with Gasteiger partial charge in [0.1, 0.15) is 0 Å². The van der Waals surface area contributed by atoms with Crippen molar-refractivity contribution in [3.8, 4) is 0 Å². The van der Waals surface area contributed by atoms with Crippen LogP contribution in [0.25, 0.3) is 0 Å². The summed E-state index contributed by atoms with van der Waals surface area (Å²) >= 11 is 0. The van der Waals surface area contributed by atoms with Crippen LogP contribution in [0, 0.1) is 11.8 Å². The molecular formula is C13H22F3NO2. The van der Waals surface area contributed by atoms with Crippen molar-refractivity contribution in [3.63, 3.8) is 0 Å². The van der Waals surface area contributed by atoms with E-state index >= 15 is 0 Å². The zero-order valence-electron chi connectivity index (χ0n) is 11.2. The third-order valence-electron chi connectivity index (χ3n) is 3.66. The third kappa shape index (κ3) is 5.80. The standard InChI is InChI=1S/C13H22F3NO2/c1-9(18)3-2-8-17-12(19)10-4-6-11(7-5-10)13(14,15)16/h9-11,18H,2-8H2,1H3,(H,17,19). The summed E-state index contributed by atoms with van der Waals surface area (Å²) in [5.41, 5.74) is 0. The summed E-state index contributed by atoms with van der Waals surface area (Å²) in [6.07, 6.45) is -2.50. The molecule has 1 aliphatic rings. The maximum Gasteiger partial charge on any atom is 0.391 e. The number of carbonyl (C=O) groups excluding carboxylic acids is 1. The number of hydrogen-bond donors (Lipinski definition) is 2. The Bertz CT molecular complexity index is 284. The average Bonchev–Trinajstić information content (AvgIpc) is 2.33. The number of hydrogen-bond acceptors (Lipinski definition) is 2. The van der Waals surface area contributed by atoms with Gasteiger partial charge in [0.15, 0.2) is 0 Å². The lowest BCUT2D eigenvalue weighted by Gasteiger charge is -2.29. The van der Waals surface area contributed by atoms with Crippen molar-refractivity contribution in [2.45, 2.75) is 57.7 Å². The fourth-order valence-corrected chi connectivity index (χ4v) is 2.44. The molecule has 0 aromatic rings. The monoisotopic (exact) mass is 281 g/mol. The minimum atomic E-state index is -4.13. The van der Waals surface area contributed by atoms with Gasteiger partial charge in [-0.15, -0.1) is 0 Å². The van der Waals surface area contributed by atoms with Crippen molar-refractivity contribution >= 4 is 5.91 Å². The summed E-state index contributed by atoms with van der Waals surface area (Å²) in [4.78, 5) is 11.7.